The van der Waals surface area contributed by atoms with Gasteiger partial charge in [0.15, 0.2) is 5.69 Å². The highest BCUT2D eigenvalue weighted by molar-refractivity contribution is 5.92. The monoisotopic (exact) mass is 381 g/mol. The third kappa shape index (κ3) is 4.62. The van der Waals surface area contributed by atoms with Gasteiger partial charge in [-0.3, -0.25) is 9.59 Å². The Morgan fingerprint density at radius 3 is 2.54 bits per heavy atom. The molecule has 3 aromatic rings. The number of benzene rings is 2. The number of para-hydroxylation sites is 1. The van der Waals surface area contributed by atoms with Crippen LogP contribution >= 0.6 is 0 Å². The Morgan fingerprint density at radius 1 is 1.11 bits per heavy atom. The first-order valence-electron chi connectivity index (χ1n) is 8.90. The number of aromatic nitrogens is 2. The lowest BCUT2D eigenvalue weighted by molar-refractivity contribution is -0.143. The van der Waals surface area contributed by atoms with Crippen LogP contribution in [0.15, 0.2) is 66.9 Å². The Labute approximate surface area is 161 Å². The summed E-state index contributed by atoms with van der Waals surface area (Å²) < 4.78 is 20.2. The van der Waals surface area contributed by atoms with Gasteiger partial charge in [0, 0.05) is 6.20 Å². The van der Waals surface area contributed by atoms with Crippen molar-refractivity contribution in [2.24, 2.45) is 0 Å². The molecule has 1 unspecified atom stereocenters. The van der Waals surface area contributed by atoms with Gasteiger partial charge in [0.25, 0.3) is 5.91 Å². The lowest BCUT2D eigenvalue weighted by Gasteiger charge is -2.18. The predicted molar refractivity (Wildman–Crippen MR) is 101 cm³/mol. The van der Waals surface area contributed by atoms with Gasteiger partial charge in [0.1, 0.15) is 11.5 Å². The quantitative estimate of drug-likeness (QED) is 0.637. The molecule has 0 aliphatic heterocycles. The molecule has 0 saturated heterocycles. The number of hydrogen-bond acceptors (Lipinski definition) is 4. The van der Waals surface area contributed by atoms with Gasteiger partial charge in [-0.05, 0) is 30.7 Å². The van der Waals surface area contributed by atoms with Crippen molar-refractivity contribution in [2.75, 3.05) is 6.61 Å². The number of carbonyl (C=O) groups excluding carboxylic acids is 2. The average molecular weight is 381 g/mol. The number of nitrogens with zero attached hydrogens (tertiary/aromatic N) is 2. The number of hydrogen-bond donors (Lipinski definition) is 1. The molecule has 0 saturated carbocycles. The van der Waals surface area contributed by atoms with Crippen molar-refractivity contribution >= 4 is 11.9 Å². The summed E-state index contributed by atoms with van der Waals surface area (Å²) >= 11 is 0. The molecule has 0 aliphatic carbocycles. The summed E-state index contributed by atoms with van der Waals surface area (Å²) in [5.41, 5.74) is 1.14. The van der Waals surface area contributed by atoms with Crippen LogP contribution in [0.4, 0.5) is 4.39 Å². The molecule has 1 atom stereocenters. The fourth-order valence-electron chi connectivity index (χ4n) is 2.77. The first-order valence-corrected chi connectivity index (χ1v) is 8.90. The zero-order valence-electron chi connectivity index (χ0n) is 15.3. The molecule has 7 heteroatoms. The summed E-state index contributed by atoms with van der Waals surface area (Å²) in [6.07, 6.45) is 1.51. The predicted octanol–water partition coefficient (Wildman–Crippen LogP) is 3.44. The molecule has 0 radical (unpaired) electrons. The molecule has 0 bridgehead atoms. The number of carbonyl (C=O) groups is 2. The molecule has 1 N–H and O–H groups in total. The molecule has 0 aliphatic rings. The van der Waals surface area contributed by atoms with Gasteiger partial charge in [0.2, 0.25) is 0 Å². The molecular formula is C21H20FN3O3. The average Bonchev–Trinajstić information content (AvgIpc) is 3.19. The van der Waals surface area contributed by atoms with Crippen LogP contribution in [0.3, 0.4) is 0 Å². The van der Waals surface area contributed by atoms with Crippen LogP contribution in [-0.2, 0) is 9.53 Å². The van der Waals surface area contributed by atoms with E-state index in [0.717, 1.165) is 5.56 Å². The zero-order valence-corrected chi connectivity index (χ0v) is 15.3. The van der Waals surface area contributed by atoms with E-state index in [2.05, 4.69) is 10.4 Å². The van der Waals surface area contributed by atoms with Crippen LogP contribution in [0.5, 0.6) is 0 Å². The van der Waals surface area contributed by atoms with Gasteiger partial charge >= 0.3 is 5.97 Å². The van der Waals surface area contributed by atoms with Crippen LogP contribution in [0.1, 0.15) is 35.4 Å². The summed E-state index contributed by atoms with van der Waals surface area (Å²) in [5, 5.41) is 6.96. The number of amides is 1. The molecule has 1 heterocycles. The van der Waals surface area contributed by atoms with E-state index in [1.165, 1.54) is 23.0 Å². The second-order valence-corrected chi connectivity index (χ2v) is 6.04. The smallest absolute Gasteiger partial charge is 0.308 e. The maximum atomic E-state index is 13.9. The lowest BCUT2D eigenvalue weighted by atomic mass is 10.0. The number of nitrogens with one attached hydrogen (secondary N) is 1. The Hall–Kier alpha value is -3.48. The summed E-state index contributed by atoms with van der Waals surface area (Å²) in [6.45, 7) is 1.99. The molecule has 6 nitrogen and oxygen atoms in total. The van der Waals surface area contributed by atoms with Crippen molar-refractivity contribution in [3.05, 3.63) is 83.9 Å². The minimum absolute atomic E-state index is 0.00237. The number of ether oxygens (including phenoxy) is 1. The SMILES string of the molecule is CCOC(=O)CC(NC(=O)c1ccn(-c2ccccc2F)n1)c1ccccc1. The highest BCUT2D eigenvalue weighted by Gasteiger charge is 2.21. The van der Waals surface area contributed by atoms with Crippen LogP contribution in [0.25, 0.3) is 5.69 Å². The van der Waals surface area contributed by atoms with Gasteiger partial charge in [-0.25, -0.2) is 9.07 Å². The Kier molecular flexibility index (Phi) is 6.16. The Morgan fingerprint density at radius 2 is 1.82 bits per heavy atom. The second kappa shape index (κ2) is 8.94. The summed E-state index contributed by atoms with van der Waals surface area (Å²) in [7, 11) is 0. The lowest BCUT2D eigenvalue weighted by Crippen LogP contribution is -2.31. The van der Waals surface area contributed by atoms with E-state index in [0.29, 0.717) is 0 Å². The van der Waals surface area contributed by atoms with Gasteiger partial charge < -0.3 is 10.1 Å². The zero-order chi connectivity index (χ0) is 19.9. The molecule has 0 spiro atoms. The standard InChI is InChI=1S/C21H20FN3O3/c1-2-28-20(26)14-18(15-8-4-3-5-9-15)23-21(27)17-12-13-25(24-17)19-11-7-6-10-16(19)22/h3-13,18H,2,14H2,1H3,(H,23,27). The van der Waals surface area contributed by atoms with Crippen molar-refractivity contribution in [3.63, 3.8) is 0 Å². The van der Waals surface area contributed by atoms with Crippen molar-refractivity contribution < 1.29 is 18.7 Å². The number of esters is 1. The second-order valence-electron chi connectivity index (χ2n) is 6.04. The van der Waals surface area contributed by atoms with Crippen molar-refractivity contribution in [2.45, 2.75) is 19.4 Å². The van der Waals surface area contributed by atoms with E-state index < -0.39 is 23.7 Å². The molecule has 0 fully saturated rings. The fourth-order valence-corrected chi connectivity index (χ4v) is 2.77. The van der Waals surface area contributed by atoms with Crippen LogP contribution in [-0.4, -0.2) is 28.3 Å². The molecule has 1 amide bonds. The van der Waals surface area contributed by atoms with E-state index in [1.54, 1.807) is 25.1 Å². The topological polar surface area (TPSA) is 73.2 Å². The minimum atomic E-state index is -0.564. The van der Waals surface area contributed by atoms with Crippen LogP contribution < -0.4 is 5.32 Å². The van der Waals surface area contributed by atoms with Gasteiger partial charge in [0.05, 0.1) is 19.1 Å². The van der Waals surface area contributed by atoms with E-state index >= 15 is 0 Å². The third-order valence-corrected chi connectivity index (χ3v) is 4.10. The third-order valence-electron chi connectivity index (χ3n) is 4.10. The Balaban J connectivity index is 1.78. The van der Waals surface area contributed by atoms with Crippen molar-refractivity contribution in [3.8, 4) is 5.69 Å². The van der Waals surface area contributed by atoms with Crippen molar-refractivity contribution in [1.29, 1.82) is 0 Å². The van der Waals surface area contributed by atoms with Gasteiger partial charge in [-0.1, -0.05) is 42.5 Å². The van der Waals surface area contributed by atoms with Crippen LogP contribution in [0, 0.1) is 5.82 Å². The van der Waals surface area contributed by atoms with E-state index in [4.69, 9.17) is 4.74 Å². The molecular weight excluding hydrogens is 361 g/mol. The maximum Gasteiger partial charge on any atom is 0.308 e. The highest BCUT2D eigenvalue weighted by atomic mass is 19.1. The van der Waals surface area contributed by atoms with Crippen LogP contribution in [0.2, 0.25) is 0 Å². The highest BCUT2D eigenvalue weighted by Crippen LogP contribution is 2.18. The normalized spacial score (nSPS) is 11.6. The summed E-state index contributed by atoms with van der Waals surface area (Å²) in [4.78, 5) is 24.6. The van der Waals surface area contributed by atoms with Gasteiger partial charge in [-0.15, -0.1) is 0 Å². The molecule has 144 valence electrons. The largest absolute Gasteiger partial charge is 0.466 e. The molecule has 3 rings (SSSR count). The first-order chi connectivity index (χ1) is 13.6. The Bertz CT molecular complexity index is 956. The molecule has 2 aromatic carbocycles. The van der Waals surface area contributed by atoms with E-state index in [-0.39, 0.29) is 24.4 Å². The summed E-state index contributed by atoms with van der Waals surface area (Å²) in [6, 6.07) is 16.2. The first kappa shape index (κ1) is 19.3. The number of rotatable bonds is 7. The minimum Gasteiger partial charge on any atom is -0.466 e. The maximum absolute atomic E-state index is 13.9. The summed E-state index contributed by atoms with van der Waals surface area (Å²) in [5.74, 6) is -1.32. The van der Waals surface area contributed by atoms with E-state index in [9.17, 15) is 14.0 Å². The molecule has 1 aromatic heterocycles. The molecule has 28 heavy (non-hydrogen) atoms. The van der Waals surface area contributed by atoms with Gasteiger partial charge in [-0.2, -0.15) is 5.10 Å². The van der Waals surface area contributed by atoms with E-state index in [1.807, 2.05) is 30.3 Å². The fraction of sp³-hybridized carbons (Fsp3) is 0.190. The van der Waals surface area contributed by atoms with Crippen molar-refractivity contribution in [1.82, 2.24) is 15.1 Å². The number of halogens is 1.